The molecule has 2 amide bonds. The van der Waals surface area contributed by atoms with Crippen LogP contribution in [0, 0.1) is 20.8 Å². The molecule has 0 saturated heterocycles. The highest BCUT2D eigenvalue weighted by atomic mass is 16.3. The van der Waals surface area contributed by atoms with E-state index in [1.165, 1.54) is 5.56 Å². The number of nitrogens with zero attached hydrogens (tertiary/aromatic N) is 1. The standard InChI is InChI=1S/C16H26N2O2/c1-5-6-7-18(8-9-19)16(20)17-15-13(3)10-12(2)11-14(15)4/h10-11,19H,5-9H2,1-4H3,(H,17,20). The van der Waals surface area contributed by atoms with Crippen LogP contribution in [-0.4, -0.2) is 35.7 Å². The molecule has 0 spiro atoms. The third-order valence-corrected chi connectivity index (χ3v) is 3.35. The second-order valence-corrected chi connectivity index (χ2v) is 5.27. The van der Waals surface area contributed by atoms with Gasteiger partial charge in [-0.05, 0) is 38.3 Å². The monoisotopic (exact) mass is 278 g/mol. The van der Waals surface area contributed by atoms with Crippen molar-refractivity contribution in [3.63, 3.8) is 0 Å². The fraction of sp³-hybridized carbons (Fsp3) is 0.562. The van der Waals surface area contributed by atoms with Gasteiger partial charge in [0.25, 0.3) is 0 Å². The van der Waals surface area contributed by atoms with Gasteiger partial charge < -0.3 is 15.3 Å². The average Bonchev–Trinajstić information content (AvgIpc) is 2.38. The zero-order valence-corrected chi connectivity index (χ0v) is 13.0. The Labute approximate surface area is 121 Å². The maximum atomic E-state index is 12.3. The van der Waals surface area contributed by atoms with E-state index in [4.69, 9.17) is 5.11 Å². The molecule has 0 fully saturated rings. The van der Waals surface area contributed by atoms with Crippen LogP contribution in [0.4, 0.5) is 10.5 Å². The maximum absolute atomic E-state index is 12.3. The molecular formula is C16H26N2O2. The van der Waals surface area contributed by atoms with Crippen LogP contribution < -0.4 is 5.32 Å². The first-order chi connectivity index (χ1) is 9.49. The second-order valence-electron chi connectivity index (χ2n) is 5.27. The quantitative estimate of drug-likeness (QED) is 0.839. The molecule has 0 radical (unpaired) electrons. The molecule has 0 atom stereocenters. The largest absolute Gasteiger partial charge is 0.395 e. The number of aliphatic hydroxyl groups is 1. The molecule has 1 rings (SSSR count). The number of hydrogen-bond acceptors (Lipinski definition) is 2. The topological polar surface area (TPSA) is 52.6 Å². The number of aryl methyl sites for hydroxylation is 3. The van der Waals surface area contributed by atoms with Crippen molar-refractivity contribution in [2.24, 2.45) is 0 Å². The van der Waals surface area contributed by atoms with E-state index < -0.39 is 0 Å². The molecule has 4 heteroatoms. The molecule has 0 bridgehead atoms. The summed E-state index contributed by atoms with van der Waals surface area (Å²) in [5.41, 5.74) is 4.20. The Hall–Kier alpha value is -1.55. The fourth-order valence-electron chi connectivity index (χ4n) is 2.35. The van der Waals surface area contributed by atoms with E-state index in [0.29, 0.717) is 13.1 Å². The van der Waals surface area contributed by atoms with Crippen LogP contribution >= 0.6 is 0 Å². The lowest BCUT2D eigenvalue weighted by atomic mass is 10.1. The summed E-state index contributed by atoms with van der Waals surface area (Å²) in [5, 5.41) is 12.1. The molecular weight excluding hydrogens is 252 g/mol. The van der Waals surface area contributed by atoms with Gasteiger partial charge in [0.1, 0.15) is 0 Å². The van der Waals surface area contributed by atoms with Crippen LogP contribution in [0.3, 0.4) is 0 Å². The number of urea groups is 1. The smallest absolute Gasteiger partial charge is 0.321 e. The molecule has 20 heavy (non-hydrogen) atoms. The van der Waals surface area contributed by atoms with Crippen LogP contribution in [0.2, 0.25) is 0 Å². The number of anilines is 1. The summed E-state index contributed by atoms with van der Waals surface area (Å²) in [6.45, 7) is 9.16. The van der Waals surface area contributed by atoms with Crippen LogP contribution in [-0.2, 0) is 0 Å². The number of carbonyl (C=O) groups is 1. The molecule has 1 aromatic rings. The van der Waals surface area contributed by atoms with E-state index in [1.54, 1.807) is 4.90 Å². The van der Waals surface area contributed by atoms with Crippen molar-refractivity contribution >= 4 is 11.7 Å². The first kappa shape index (κ1) is 16.5. The van der Waals surface area contributed by atoms with E-state index in [2.05, 4.69) is 24.4 Å². The summed E-state index contributed by atoms with van der Waals surface area (Å²) in [5.74, 6) is 0. The maximum Gasteiger partial charge on any atom is 0.321 e. The van der Waals surface area contributed by atoms with Gasteiger partial charge in [-0.15, -0.1) is 0 Å². The minimum absolute atomic E-state index is 0.0109. The fourth-order valence-corrected chi connectivity index (χ4v) is 2.35. The Kier molecular flexibility index (Phi) is 6.52. The molecule has 112 valence electrons. The van der Waals surface area contributed by atoms with Crippen molar-refractivity contribution < 1.29 is 9.90 Å². The van der Waals surface area contributed by atoms with E-state index in [1.807, 2.05) is 20.8 Å². The van der Waals surface area contributed by atoms with Crippen molar-refractivity contribution in [3.8, 4) is 0 Å². The summed E-state index contributed by atoms with van der Waals surface area (Å²) in [7, 11) is 0. The van der Waals surface area contributed by atoms with E-state index in [0.717, 1.165) is 29.7 Å². The highest BCUT2D eigenvalue weighted by molar-refractivity contribution is 5.91. The number of nitrogens with one attached hydrogen (secondary N) is 1. The van der Waals surface area contributed by atoms with Crippen molar-refractivity contribution in [2.75, 3.05) is 25.0 Å². The molecule has 1 aromatic carbocycles. The van der Waals surface area contributed by atoms with E-state index >= 15 is 0 Å². The van der Waals surface area contributed by atoms with Crippen LogP contribution in [0.5, 0.6) is 0 Å². The van der Waals surface area contributed by atoms with Gasteiger partial charge in [0.15, 0.2) is 0 Å². The number of unbranched alkanes of at least 4 members (excludes halogenated alkanes) is 1. The highest BCUT2D eigenvalue weighted by Crippen LogP contribution is 2.22. The summed E-state index contributed by atoms with van der Waals surface area (Å²) in [6.07, 6.45) is 1.97. The second kappa shape index (κ2) is 7.90. The molecule has 0 aliphatic rings. The lowest BCUT2D eigenvalue weighted by molar-refractivity contribution is 0.187. The first-order valence-corrected chi connectivity index (χ1v) is 7.24. The third-order valence-electron chi connectivity index (χ3n) is 3.35. The molecule has 0 aromatic heterocycles. The zero-order valence-electron chi connectivity index (χ0n) is 13.0. The van der Waals surface area contributed by atoms with Gasteiger partial charge in [-0.1, -0.05) is 31.0 Å². The van der Waals surface area contributed by atoms with E-state index in [9.17, 15) is 4.79 Å². The summed E-state index contributed by atoms with van der Waals surface area (Å²) in [4.78, 5) is 14.0. The first-order valence-electron chi connectivity index (χ1n) is 7.24. The van der Waals surface area contributed by atoms with E-state index in [-0.39, 0.29) is 12.6 Å². The van der Waals surface area contributed by atoms with Gasteiger partial charge in [-0.25, -0.2) is 4.79 Å². The highest BCUT2D eigenvalue weighted by Gasteiger charge is 2.14. The molecule has 0 heterocycles. The molecule has 0 unspecified atom stereocenters. The van der Waals surface area contributed by atoms with Gasteiger partial charge in [0, 0.05) is 18.8 Å². The number of amides is 2. The van der Waals surface area contributed by atoms with Gasteiger partial charge in [0.2, 0.25) is 0 Å². The lowest BCUT2D eigenvalue weighted by Gasteiger charge is -2.23. The third kappa shape index (κ3) is 4.53. The van der Waals surface area contributed by atoms with Crippen molar-refractivity contribution in [1.29, 1.82) is 0 Å². The Morgan fingerprint density at radius 3 is 2.30 bits per heavy atom. The Bertz CT molecular complexity index is 435. The van der Waals surface area contributed by atoms with Crippen molar-refractivity contribution in [3.05, 3.63) is 28.8 Å². The van der Waals surface area contributed by atoms with Crippen LogP contribution in [0.25, 0.3) is 0 Å². The molecule has 0 aliphatic carbocycles. The Balaban J connectivity index is 2.82. The van der Waals surface area contributed by atoms with Gasteiger partial charge >= 0.3 is 6.03 Å². The van der Waals surface area contributed by atoms with Crippen molar-refractivity contribution in [1.82, 2.24) is 4.90 Å². The Morgan fingerprint density at radius 1 is 1.20 bits per heavy atom. The summed E-state index contributed by atoms with van der Waals surface area (Å²) in [6, 6.07) is 3.98. The molecule has 0 aliphatic heterocycles. The average molecular weight is 278 g/mol. The minimum Gasteiger partial charge on any atom is -0.395 e. The summed E-state index contributed by atoms with van der Waals surface area (Å²) >= 11 is 0. The number of rotatable bonds is 6. The number of hydrogen-bond donors (Lipinski definition) is 2. The summed E-state index contributed by atoms with van der Waals surface area (Å²) < 4.78 is 0. The minimum atomic E-state index is -0.137. The predicted octanol–water partition coefficient (Wildman–Crippen LogP) is 3.24. The molecule has 4 nitrogen and oxygen atoms in total. The van der Waals surface area contributed by atoms with Crippen LogP contribution in [0.1, 0.15) is 36.5 Å². The van der Waals surface area contributed by atoms with Crippen LogP contribution in [0.15, 0.2) is 12.1 Å². The molecule has 0 saturated carbocycles. The van der Waals surface area contributed by atoms with Gasteiger partial charge in [-0.2, -0.15) is 0 Å². The predicted molar refractivity (Wildman–Crippen MR) is 83.2 cm³/mol. The molecule has 2 N–H and O–H groups in total. The SMILES string of the molecule is CCCCN(CCO)C(=O)Nc1c(C)cc(C)cc1C. The normalized spacial score (nSPS) is 10.4. The number of carbonyl (C=O) groups excluding carboxylic acids is 1. The number of benzene rings is 1. The van der Waals surface area contributed by atoms with Gasteiger partial charge in [-0.3, -0.25) is 0 Å². The lowest BCUT2D eigenvalue weighted by Crippen LogP contribution is -2.38. The van der Waals surface area contributed by atoms with Gasteiger partial charge in [0.05, 0.1) is 6.61 Å². The van der Waals surface area contributed by atoms with Crippen molar-refractivity contribution in [2.45, 2.75) is 40.5 Å². The Morgan fingerprint density at radius 2 is 1.80 bits per heavy atom. The number of aliphatic hydroxyl groups excluding tert-OH is 1. The zero-order chi connectivity index (χ0) is 15.1.